The molecular weight excluding hydrogens is 356 g/mol. The molecule has 0 saturated carbocycles. The highest BCUT2D eigenvalue weighted by Crippen LogP contribution is 2.36. The highest BCUT2D eigenvalue weighted by Gasteiger charge is 2.22. The van der Waals surface area contributed by atoms with Crippen LogP contribution in [0.5, 0.6) is 0 Å². The second kappa shape index (κ2) is 6.70. The third-order valence-corrected chi connectivity index (χ3v) is 5.93. The van der Waals surface area contributed by atoms with Crippen LogP contribution in [0.15, 0.2) is 59.0 Å². The molecule has 3 heterocycles. The number of fused-ring (bicyclic) bond motifs is 4. The Morgan fingerprint density at radius 1 is 0.897 bits per heavy atom. The number of benzene rings is 2. The van der Waals surface area contributed by atoms with E-state index in [1.807, 2.05) is 13.0 Å². The van der Waals surface area contributed by atoms with E-state index in [1.165, 1.54) is 22.0 Å². The molecule has 2 aromatic carbocycles. The second-order valence-corrected chi connectivity index (χ2v) is 7.92. The summed E-state index contributed by atoms with van der Waals surface area (Å²) in [7, 11) is 2.15. The Morgan fingerprint density at radius 2 is 1.69 bits per heavy atom. The van der Waals surface area contributed by atoms with Gasteiger partial charge in [-0.3, -0.25) is 0 Å². The van der Waals surface area contributed by atoms with Crippen molar-refractivity contribution in [2.75, 3.05) is 0 Å². The molecule has 0 atom stereocenters. The fourth-order valence-corrected chi connectivity index (χ4v) is 4.46. The first kappa shape index (κ1) is 17.9. The van der Waals surface area contributed by atoms with E-state index in [0.717, 1.165) is 46.1 Å². The van der Waals surface area contributed by atoms with Crippen molar-refractivity contribution < 1.29 is 8.98 Å². The molecule has 5 aromatic rings. The fraction of sp³-hybridized carbons (Fsp3) is 0.231. The van der Waals surface area contributed by atoms with E-state index in [0.29, 0.717) is 5.71 Å². The third kappa shape index (κ3) is 2.72. The predicted molar refractivity (Wildman–Crippen MR) is 119 cm³/mol. The van der Waals surface area contributed by atoms with Crippen molar-refractivity contribution in [2.45, 2.75) is 33.6 Å². The van der Waals surface area contributed by atoms with Crippen LogP contribution < -0.4 is 4.57 Å². The number of furan rings is 1. The number of hydrogen-bond donors (Lipinski definition) is 0. The summed E-state index contributed by atoms with van der Waals surface area (Å²) < 4.78 is 8.60. The van der Waals surface area contributed by atoms with Crippen molar-refractivity contribution in [3.8, 4) is 11.3 Å². The Labute approximate surface area is 170 Å². The second-order valence-electron chi connectivity index (χ2n) is 7.92. The molecule has 0 aliphatic heterocycles. The standard InChI is InChI=1S/C26H25N2O/c1-5-7-18-8-6-9-22-19(18)14-15-23(28(22)4)24-16(2)10-12-20-21-13-11-17(3)27-26(21)29-25(20)24/h6,8-15H,5,7H2,1-4H3/q+1. The summed E-state index contributed by atoms with van der Waals surface area (Å²) >= 11 is 0. The van der Waals surface area contributed by atoms with Crippen LogP contribution in [0.2, 0.25) is 0 Å². The Morgan fingerprint density at radius 3 is 2.52 bits per heavy atom. The van der Waals surface area contributed by atoms with Gasteiger partial charge in [0.15, 0.2) is 5.58 Å². The average molecular weight is 381 g/mol. The molecule has 0 saturated heterocycles. The summed E-state index contributed by atoms with van der Waals surface area (Å²) in [5.74, 6) is 0. The zero-order chi connectivity index (χ0) is 20.1. The Kier molecular flexibility index (Phi) is 4.13. The minimum atomic E-state index is 0.709. The lowest BCUT2D eigenvalue weighted by molar-refractivity contribution is -0.633. The van der Waals surface area contributed by atoms with Crippen molar-refractivity contribution in [3.63, 3.8) is 0 Å². The van der Waals surface area contributed by atoms with Gasteiger partial charge in [-0.15, -0.1) is 0 Å². The molecule has 0 bridgehead atoms. The number of pyridine rings is 2. The predicted octanol–water partition coefficient (Wildman–Crippen LogP) is 6.20. The molecule has 0 aliphatic rings. The zero-order valence-electron chi connectivity index (χ0n) is 17.4. The summed E-state index contributed by atoms with van der Waals surface area (Å²) in [6, 6.07) is 19.6. The van der Waals surface area contributed by atoms with E-state index in [4.69, 9.17) is 4.42 Å². The van der Waals surface area contributed by atoms with Crippen molar-refractivity contribution in [1.82, 2.24) is 4.98 Å². The van der Waals surface area contributed by atoms with Crippen molar-refractivity contribution in [1.29, 1.82) is 0 Å². The lowest BCUT2D eigenvalue weighted by atomic mass is 9.98. The van der Waals surface area contributed by atoms with Gasteiger partial charge in [0.2, 0.25) is 16.9 Å². The fourth-order valence-electron chi connectivity index (χ4n) is 4.46. The van der Waals surface area contributed by atoms with E-state index in [1.54, 1.807) is 0 Å². The number of aryl methyl sites for hydroxylation is 4. The highest BCUT2D eigenvalue weighted by molar-refractivity contribution is 6.08. The van der Waals surface area contributed by atoms with Gasteiger partial charge < -0.3 is 4.42 Å². The van der Waals surface area contributed by atoms with Gasteiger partial charge in [0.05, 0.1) is 5.56 Å². The van der Waals surface area contributed by atoms with Crippen molar-refractivity contribution in [3.05, 3.63) is 71.4 Å². The van der Waals surface area contributed by atoms with Crippen LogP contribution in [-0.2, 0) is 13.5 Å². The van der Waals surface area contributed by atoms with Gasteiger partial charge in [-0.1, -0.05) is 37.6 Å². The number of hydrogen-bond acceptors (Lipinski definition) is 2. The van der Waals surface area contributed by atoms with E-state index < -0.39 is 0 Å². The first-order valence-corrected chi connectivity index (χ1v) is 10.3. The Bertz CT molecular complexity index is 1400. The Balaban J connectivity index is 1.83. The monoisotopic (exact) mass is 381 g/mol. The SMILES string of the molecule is CCCc1cccc2c1ccc(-c1c(C)ccc3c1oc1nc(C)ccc13)[n+]2C. The molecule has 0 aliphatic carbocycles. The van der Waals surface area contributed by atoms with E-state index in [9.17, 15) is 0 Å². The van der Waals surface area contributed by atoms with Gasteiger partial charge >= 0.3 is 0 Å². The van der Waals surface area contributed by atoms with Crippen LogP contribution >= 0.6 is 0 Å². The molecule has 29 heavy (non-hydrogen) atoms. The smallest absolute Gasteiger partial charge is 0.227 e. The summed E-state index contributed by atoms with van der Waals surface area (Å²) in [6.45, 7) is 6.38. The summed E-state index contributed by atoms with van der Waals surface area (Å²) in [5.41, 5.74) is 8.75. The van der Waals surface area contributed by atoms with E-state index in [2.05, 4.69) is 79.0 Å². The molecule has 0 unspecified atom stereocenters. The molecule has 3 aromatic heterocycles. The van der Waals surface area contributed by atoms with Crippen LogP contribution in [0, 0.1) is 13.8 Å². The largest absolute Gasteiger partial charge is 0.437 e. The maximum atomic E-state index is 6.30. The number of rotatable bonds is 3. The first-order chi connectivity index (χ1) is 14.1. The maximum Gasteiger partial charge on any atom is 0.227 e. The lowest BCUT2D eigenvalue weighted by Crippen LogP contribution is -2.32. The quantitative estimate of drug-likeness (QED) is 0.349. The molecule has 0 radical (unpaired) electrons. The lowest BCUT2D eigenvalue weighted by Gasteiger charge is -2.09. The van der Waals surface area contributed by atoms with Crippen LogP contribution in [0.1, 0.15) is 30.2 Å². The molecule has 0 amide bonds. The highest BCUT2D eigenvalue weighted by atomic mass is 16.3. The minimum Gasteiger partial charge on any atom is -0.437 e. The van der Waals surface area contributed by atoms with Crippen LogP contribution in [0.3, 0.4) is 0 Å². The molecule has 3 heteroatoms. The average Bonchev–Trinajstić information content (AvgIpc) is 3.07. The molecular formula is C26H25N2O+. The van der Waals surface area contributed by atoms with Gasteiger partial charge in [0.1, 0.15) is 7.05 Å². The van der Waals surface area contributed by atoms with Crippen LogP contribution in [-0.4, -0.2) is 4.98 Å². The number of nitrogens with zero attached hydrogens (tertiary/aromatic N) is 2. The van der Waals surface area contributed by atoms with Crippen LogP contribution in [0.25, 0.3) is 44.2 Å². The van der Waals surface area contributed by atoms with Crippen molar-refractivity contribution in [2.24, 2.45) is 7.05 Å². The molecule has 3 nitrogen and oxygen atoms in total. The molecule has 0 N–H and O–H groups in total. The molecule has 5 rings (SSSR count). The zero-order valence-corrected chi connectivity index (χ0v) is 17.4. The van der Waals surface area contributed by atoms with Crippen LogP contribution in [0.4, 0.5) is 0 Å². The summed E-state index contributed by atoms with van der Waals surface area (Å²) in [4.78, 5) is 4.61. The van der Waals surface area contributed by atoms with Gasteiger partial charge in [0.25, 0.3) is 0 Å². The topological polar surface area (TPSA) is 29.9 Å². The molecule has 0 fully saturated rings. The number of aromatic nitrogens is 2. The minimum absolute atomic E-state index is 0.709. The van der Waals surface area contributed by atoms with E-state index in [-0.39, 0.29) is 0 Å². The van der Waals surface area contributed by atoms with Gasteiger partial charge in [0, 0.05) is 34.0 Å². The normalized spacial score (nSPS) is 11.7. The van der Waals surface area contributed by atoms with Gasteiger partial charge in [-0.05, 0) is 49.6 Å². The third-order valence-electron chi connectivity index (χ3n) is 5.93. The molecule has 144 valence electrons. The van der Waals surface area contributed by atoms with Crippen molar-refractivity contribution >= 4 is 33.0 Å². The van der Waals surface area contributed by atoms with E-state index >= 15 is 0 Å². The Hall–Kier alpha value is -3.20. The molecule has 0 spiro atoms. The van der Waals surface area contributed by atoms with Gasteiger partial charge in [-0.25, -0.2) is 4.98 Å². The summed E-state index contributed by atoms with van der Waals surface area (Å²) in [5, 5.41) is 3.51. The summed E-state index contributed by atoms with van der Waals surface area (Å²) in [6.07, 6.45) is 2.24. The van der Waals surface area contributed by atoms with Gasteiger partial charge in [-0.2, -0.15) is 4.57 Å². The maximum absolute atomic E-state index is 6.30. The first-order valence-electron chi connectivity index (χ1n) is 10.3.